The zero-order valence-corrected chi connectivity index (χ0v) is 24.5. The van der Waals surface area contributed by atoms with Crippen LogP contribution in [-0.4, -0.2) is 62.7 Å². The number of amides is 1. The van der Waals surface area contributed by atoms with Crippen LogP contribution in [0.25, 0.3) is 22.5 Å². The average molecular weight is 608 g/mol. The second kappa shape index (κ2) is 11.5. The van der Waals surface area contributed by atoms with E-state index in [0.29, 0.717) is 71.2 Å². The second-order valence-electron chi connectivity index (χ2n) is 11.0. The van der Waals surface area contributed by atoms with E-state index in [2.05, 4.69) is 21.9 Å². The van der Waals surface area contributed by atoms with Gasteiger partial charge in [-0.15, -0.1) is 0 Å². The third kappa shape index (κ3) is 5.51. The molecule has 1 amide bonds. The minimum Gasteiger partial charge on any atom is -0.490 e. The molecule has 5 aromatic rings. The van der Waals surface area contributed by atoms with Crippen LogP contribution in [0.5, 0.6) is 17.2 Å². The molecule has 0 unspecified atom stereocenters. The molecule has 7 rings (SSSR count). The van der Waals surface area contributed by atoms with Gasteiger partial charge in [-0.3, -0.25) is 14.3 Å². The van der Waals surface area contributed by atoms with Crippen LogP contribution in [0.1, 0.15) is 12.8 Å². The van der Waals surface area contributed by atoms with Gasteiger partial charge in [-0.25, -0.2) is 23.7 Å². The maximum absolute atomic E-state index is 14.1. The molecule has 1 saturated carbocycles. The van der Waals surface area contributed by atoms with Crippen LogP contribution in [0.2, 0.25) is 0 Å². The molecule has 1 fully saturated rings. The maximum atomic E-state index is 14.1. The number of hydrogen-bond donors (Lipinski definition) is 1. The van der Waals surface area contributed by atoms with Crippen LogP contribution in [0.4, 0.5) is 15.9 Å². The van der Waals surface area contributed by atoms with Crippen molar-refractivity contribution in [3.63, 3.8) is 0 Å². The van der Waals surface area contributed by atoms with Gasteiger partial charge in [0.15, 0.2) is 11.5 Å². The normalized spacial score (nSPS) is 14.6. The molecule has 12 heteroatoms. The number of carbonyl (C=O) groups is 1. The van der Waals surface area contributed by atoms with Crippen molar-refractivity contribution >= 4 is 28.6 Å². The first-order valence-electron chi connectivity index (χ1n) is 14.6. The zero-order chi connectivity index (χ0) is 31.1. The Kier molecular flexibility index (Phi) is 7.26. The number of ether oxygens (including phenoxy) is 2. The molecule has 2 aliphatic rings. The van der Waals surface area contributed by atoms with E-state index in [1.165, 1.54) is 40.4 Å². The molecule has 45 heavy (non-hydrogen) atoms. The van der Waals surface area contributed by atoms with E-state index in [1.807, 2.05) is 6.08 Å². The highest BCUT2D eigenvalue weighted by molar-refractivity contribution is 6.03. The van der Waals surface area contributed by atoms with E-state index in [0.717, 1.165) is 0 Å². The van der Waals surface area contributed by atoms with E-state index in [4.69, 9.17) is 15.2 Å². The monoisotopic (exact) mass is 607 g/mol. The van der Waals surface area contributed by atoms with Crippen LogP contribution >= 0.6 is 0 Å². The fourth-order valence-corrected chi connectivity index (χ4v) is 5.50. The van der Waals surface area contributed by atoms with Crippen molar-refractivity contribution in [3.05, 3.63) is 102 Å². The van der Waals surface area contributed by atoms with Gasteiger partial charge in [0.05, 0.1) is 23.6 Å². The fraction of sp³-hybridized carbons (Fsp3) is 0.212. The van der Waals surface area contributed by atoms with E-state index >= 15 is 0 Å². The lowest BCUT2D eigenvalue weighted by molar-refractivity contribution is -0.114. The van der Waals surface area contributed by atoms with E-state index < -0.39 is 11.5 Å². The molecule has 11 nitrogen and oxygen atoms in total. The Bertz CT molecular complexity index is 2000. The number of carbonyl (C=O) groups excluding carboxylic acids is 1. The Hall–Kier alpha value is -5.49. The molecular formula is C33H30FN7O4. The molecule has 3 aromatic carbocycles. The lowest BCUT2D eigenvalue weighted by atomic mass is 10.2. The molecule has 0 radical (unpaired) electrons. The smallest absolute Gasteiger partial charge is 0.339 e. The van der Waals surface area contributed by atoms with Crippen LogP contribution in [-0.2, 0) is 4.79 Å². The predicted molar refractivity (Wildman–Crippen MR) is 168 cm³/mol. The minimum absolute atomic E-state index is 0.121. The Morgan fingerprint density at radius 3 is 2.64 bits per heavy atom. The number of nitrogens with two attached hydrogens (primary N) is 1. The molecular weight excluding hydrogens is 577 g/mol. The Labute approximate surface area is 257 Å². The number of benzene rings is 3. The average Bonchev–Trinajstić information content (AvgIpc) is 3.84. The first-order chi connectivity index (χ1) is 21.9. The zero-order valence-electron chi connectivity index (χ0n) is 24.5. The molecule has 0 atom stereocenters. The molecule has 1 aliphatic heterocycles. The fourth-order valence-electron chi connectivity index (χ4n) is 5.50. The van der Waals surface area contributed by atoms with Gasteiger partial charge in [0.1, 0.15) is 41.5 Å². The van der Waals surface area contributed by atoms with Crippen molar-refractivity contribution < 1.29 is 18.7 Å². The summed E-state index contributed by atoms with van der Waals surface area (Å²) in [5.74, 6) is 0.894. The Morgan fingerprint density at radius 2 is 1.87 bits per heavy atom. The summed E-state index contributed by atoms with van der Waals surface area (Å²) in [5.41, 5.74) is 8.01. The highest BCUT2D eigenvalue weighted by Crippen LogP contribution is 2.35. The van der Waals surface area contributed by atoms with Gasteiger partial charge in [-0.1, -0.05) is 12.1 Å². The van der Waals surface area contributed by atoms with Crippen LogP contribution in [0.15, 0.2) is 90.0 Å². The summed E-state index contributed by atoms with van der Waals surface area (Å²) < 4.78 is 28.1. The highest BCUT2D eigenvalue weighted by Gasteiger charge is 2.27. The van der Waals surface area contributed by atoms with E-state index in [9.17, 15) is 14.0 Å². The topological polar surface area (TPSA) is 121 Å². The number of aromatic nitrogens is 4. The van der Waals surface area contributed by atoms with Gasteiger partial charge in [0.2, 0.25) is 0 Å². The number of likely N-dealkylation sites (N-methyl/N-ethyl adjacent to an activating group) is 1. The van der Waals surface area contributed by atoms with Crippen LogP contribution < -0.4 is 25.8 Å². The molecule has 0 spiro atoms. The van der Waals surface area contributed by atoms with Gasteiger partial charge < -0.3 is 20.1 Å². The molecule has 228 valence electrons. The molecule has 2 N–H and O–H groups in total. The van der Waals surface area contributed by atoms with Crippen molar-refractivity contribution in [2.75, 3.05) is 37.4 Å². The summed E-state index contributed by atoms with van der Waals surface area (Å²) in [7, 11) is 2.06. The summed E-state index contributed by atoms with van der Waals surface area (Å²) in [5, 5.41) is 0. The van der Waals surface area contributed by atoms with Gasteiger partial charge in [0, 0.05) is 24.7 Å². The Balaban J connectivity index is 1.24. The summed E-state index contributed by atoms with van der Waals surface area (Å²) in [6.07, 6.45) is 7.16. The molecule has 0 bridgehead atoms. The lowest BCUT2D eigenvalue weighted by Gasteiger charge is -2.29. The van der Waals surface area contributed by atoms with Gasteiger partial charge >= 0.3 is 5.69 Å². The number of nitrogen functional groups attached to an aromatic ring is 1. The summed E-state index contributed by atoms with van der Waals surface area (Å²) in [6, 6.07) is 18.4. The quantitative estimate of drug-likeness (QED) is 0.257. The van der Waals surface area contributed by atoms with Gasteiger partial charge in [-0.05, 0) is 74.5 Å². The number of fused-ring (bicyclic) bond motifs is 2. The van der Waals surface area contributed by atoms with E-state index in [1.54, 1.807) is 65.6 Å². The number of anilines is 2. The number of hydrogen-bond acceptors (Lipinski definition) is 8. The van der Waals surface area contributed by atoms with Crippen molar-refractivity contribution in [2.24, 2.45) is 0 Å². The molecule has 1 aliphatic carbocycles. The number of imidazole rings is 1. The largest absolute Gasteiger partial charge is 0.490 e. The second-order valence-corrected chi connectivity index (χ2v) is 11.0. The standard InChI is InChI=1S/C33H30FN7O4/c1-38(22-7-8-22)15-3-6-29(42)39-16-17-44-28-14-11-24(19-27(28)39)41-32-30(31(35)36-20-37-32)40(33(41)43)23-9-12-25(13-10-23)45-26-5-2-4-21(34)18-26/h2-6,9-14,18-20,22H,7-8,15-17H2,1H3,(H2,35,36,37). The SMILES string of the molecule is CN(CC=CC(=O)N1CCOc2ccc(-n3c(=O)n(-c4ccc(Oc5cccc(F)c5)cc4)c4c(N)ncnc43)cc21)C1CC1. The maximum Gasteiger partial charge on any atom is 0.339 e. The predicted octanol–water partition coefficient (Wildman–Crippen LogP) is 4.46. The van der Waals surface area contributed by atoms with Crippen molar-refractivity contribution in [3.8, 4) is 28.6 Å². The summed E-state index contributed by atoms with van der Waals surface area (Å²) in [6.45, 7) is 1.42. The van der Waals surface area contributed by atoms with Crippen molar-refractivity contribution in [2.45, 2.75) is 18.9 Å². The molecule has 0 saturated heterocycles. The lowest BCUT2D eigenvalue weighted by Crippen LogP contribution is -2.37. The summed E-state index contributed by atoms with van der Waals surface area (Å²) >= 11 is 0. The highest BCUT2D eigenvalue weighted by atomic mass is 19.1. The minimum atomic E-state index is -0.437. The van der Waals surface area contributed by atoms with Crippen molar-refractivity contribution in [1.29, 1.82) is 0 Å². The Morgan fingerprint density at radius 1 is 1.07 bits per heavy atom. The van der Waals surface area contributed by atoms with Crippen molar-refractivity contribution in [1.82, 2.24) is 24.0 Å². The number of rotatable bonds is 8. The third-order valence-corrected chi connectivity index (χ3v) is 7.93. The third-order valence-electron chi connectivity index (χ3n) is 7.93. The first kappa shape index (κ1) is 28.3. The van der Waals surface area contributed by atoms with Gasteiger partial charge in [-0.2, -0.15) is 0 Å². The van der Waals surface area contributed by atoms with Gasteiger partial charge in [0.25, 0.3) is 5.91 Å². The first-order valence-corrected chi connectivity index (χ1v) is 14.6. The number of nitrogens with zero attached hydrogens (tertiary/aromatic N) is 6. The molecule has 2 aromatic heterocycles. The molecule has 3 heterocycles. The summed E-state index contributed by atoms with van der Waals surface area (Å²) in [4.78, 5) is 39.8. The number of halogens is 1. The van der Waals surface area contributed by atoms with Crippen LogP contribution in [0, 0.1) is 5.82 Å². The van der Waals surface area contributed by atoms with E-state index in [-0.39, 0.29) is 11.7 Å². The van der Waals surface area contributed by atoms with Crippen LogP contribution in [0.3, 0.4) is 0 Å².